The van der Waals surface area contributed by atoms with E-state index >= 15 is 0 Å². The van der Waals surface area contributed by atoms with Crippen LogP contribution in [0, 0.1) is 0 Å². The van der Waals surface area contributed by atoms with Gasteiger partial charge in [-0.05, 0) is 164 Å². The molecule has 20 aromatic rings. The van der Waals surface area contributed by atoms with Crippen LogP contribution in [0.15, 0.2) is 388 Å². The molecule has 0 saturated carbocycles. The molecule has 4 heterocycles. The lowest BCUT2D eigenvalue weighted by molar-refractivity contribution is 1.17. The van der Waals surface area contributed by atoms with E-state index in [-0.39, 0.29) is 0 Å². The minimum atomic E-state index is 1.15. The maximum atomic E-state index is 2.47. The molecule has 0 saturated heterocycles. The first-order chi connectivity index (χ1) is 49.6. The Bertz CT molecular complexity index is 6440. The van der Waals surface area contributed by atoms with Crippen molar-refractivity contribution in [3.8, 4) is 89.5 Å². The molecule has 16 aromatic carbocycles. The fourth-order valence-corrected chi connectivity index (χ4v) is 15.6. The molecule has 0 bridgehead atoms. The summed E-state index contributed by atoms with van der Waals surface area (Å²) in [6.07, 6.45) is 0. The summed E-state index contributed by atoms with van der Waals surface area (Å²) in [4.78, 5) is 0. The molecule has 0 aliphatic rings. The van der Waals surface area contributed by atoms with Crippen molar-refractivity contribution >= 4 is 87.2 Å². The van der Waals surface area contributed by atoms with Crippen molar-refractivity contribution < 1.29 is 0 Å². The Morgan fingerprint density at radius 1 is 0.130 bits per heavy atom. The first-order valence-electron chi connectivity index (χ1n) is 34.4. The predicted octanol–water partition coefficient (Wildman–Crippen LogP) is 25.8. The van der Waals surface area contributed by atoms with Crippen LogP contribution >= 0.6 is 0 Å². The highest BCUT2D eigenvalue weighted by molar-refractivity contribution is 6.28. The van der Waals surface area contributed by atoms with Crippen LogP contribution in [0.1, 0.15) is 0 Å². The van der Waals surface area contributed by atoms with E-state index in [1.807, 2.05) is 0 Å². The van der Waals surface area contributed by atoms with Gasteiger partial charge in [0.05, 0.1) is 44.1 Å². The summed E-state index contributed by atoms with van der Waals surface area (Å²) >= 11 is 0. The summed E-state index contributed by atoms with van der Waals surface area (Å²) in [5.41, 5.74) is 28.9. The molecule has 0 amide bonds. The Morgan fingerprint density at radius 2 is 0.430 bits per heavy atom. The van der Waals surface area contributed by atoms with Gasteiger partial charge in [-0.1, -0.05) is 291 Å². The molecule has 0 aliphatic heterocycles. The summed E-state index contributed by atoms with van der Waals surface area (Å²) < 4.78 is 9.80. The average Bonchev–Trinajstić information content (AvgIpc) is 1.55. The average molecular weight is 1270 g/mol. The molecule has 468 valence electrons. The Hall–Kier alpha value is -13.3. The highest BCUT2D eigenvalue weighted by atomic mass is 15.0. The van der Waals surface area contributed by atoms with Crippen LogP contribution in [0.4, 0.5) is 0 Å². The Balaban J connectivity index is 0.000000139. The van der Waals surface area contributed by atoms with Crippen molar-refractivity contribution in [1.82, 2.24) is 18.3 Å². The second-order valence-corrected chi connectivity index (χ2v) is 25.9. The molecule has 100 heavy (non-hydrogen) atoms. The lowest BCUT2D eigenvalue weighted by atomic mass is 9.99. The zero-order chi connectivity index (χ0) is 66.0. The lowest BCUT2D eigenvalue weighted by Gasteiger charge is -2.12. The van der Waals surface area contributed by atoms with Crippen LogP contribution in [0.3, 0.4) is 0 Å². The van der Waals surface area contributed by atoms with Crippen molar-refractivity contribution in [2.24, 2.45) is 0 Å². The third kappa shape index (κ3) is 9.92. The van der Waals surface area contributed by atoms with Gasteiger partial charge in [-0.25, -0.2) is 0 Å². The van der Waals surface area contributed by atoms with Gasteiger partial charge in [0.2, 0.25) is 0 Å². The topological polar surface area (TPSA) is 19.7 Å². The summed E-state index contributed by atoms with van der Waals surface area (Å²) in [6.45, 7) is 0. The molecule has 0 spiro atoms. The van der Waals surface area contributed by atoms with Gasteiger partial charge in [-0.15, -0.1) is 0 Å². The maximum absolute atomic E-state index is 2.47. The molecule has 0 radical (unpaired) electrons. The van der Waals surface area contributed by atoms with Crippen molar-refractivity contribution in [1.29, 1.82) is 0 Å². The molecular formula is C96H64N4. The van der Waals surface area contributed by atoms with E-state index in [9.17, 15) is 0 Å². The van der Waals surface area contributed by atoms with Crippen molar-refractivity contribution in [2.75, 3.05) is 0 Å². The van der Waals surface area contributed by atoms with E-state index in [2.05, 4.69) is 407 Å². The molecule has 4 aromatic heterocycles. The van der Waals surface area contributed by atoms with Gasteiger partial charge in [-0.2, -0.15) is 0 Å². The Labute approximate surface area is 579 Å². The predicted molar refractivity (Wildman–Crippen MR) is 423 cm³/mol. The zero-order valence-electron chi connectivity index (χ0n) is 54.7. The van der Waals surface area contributed by atoms with E-state index in [1.165, 1.54) is 154 Å². The minimum absolute atomic E-state index is 1.15. The highest BCUT2D eigenvalue weighted by Gasteiger charge is 2.24. The van der Waals surface area contributed by atoms with Crippen LogP contribution in [-0.2, 0) is 0 Å². The van der Waals surface area contributed by atoms with Crippen LogP contribution in [0.25, 0.3) is 177 Å². The van der Waals surface area contributed by atoms with Gasteiger partial charge in [0.1, 0.15) is 0 Å². The smallest absolute Gasteiger partial charge is 0.0641 e. The molecule has 0 atom stereocenters. The Kier molecular flexibility index (Phi) is 14.2. The molecule has 20 rings (SSSR count). The number of para-hydroxylation sites is 4. The number of hydrogen-bond acceptors (Lipinski definition) is 0. The second kappa shape index (κ2) is 24.4. The van der Waals surface area contributed by atoms with Gasteiger partial charge in [0.25, 0.3) is 0 Å². The molecule has 0 unspecified atom stereocenters. The van der Waals surface area contributed by atoms with Crippen LogP contribution in [0.5, 0.6) is 0 Å². The van der Waals surface area contributed by atoms with Crippen molar-refractivity contribution in [3.63, 3.8) is 0 Å². The molecule has 4 heteroatoms. The monoisotopic (exact) mass is 1270 g/mol. The van der Waals surface area contributed by atoms with E-state index < -0.39 is 0 Å². The van der Waals surface area contributed by atoms with Gasteiger partial charge in [0.15, 0.2) is 0 Å². The fourth-order valence-electron chi connectivity index (χ4n) is 15.6. The second-order valence-electron chi connectivity index (χ2n) is 25.9. The molecule has 0 fully saturated rings. The summed E-state index contributed by atoms with van der Waals surface area (Å²) in [6, 6.07) is 141. The van der Waals surface area contributed by atoms with Gasteiger partial charge in [-0.3, -0.25) is 0 Å². The maximum Gasteiger partial charge on any atom is 0.0641 e. The van der Waals surface area contributed by atoms with E-state index in [1.54, 1.807) is 0 Å². The lowest BCUT2D eigenvalue weighted by Crippen LogP contribution is -1.95. The first-order valence-corrected chi connectivity index (χ1v) is 34.4. The number of hydrogen-bond donors (Lipinski definition) is 0. The largest absolute Gasteiger partial charge is 0.309 e. The first kappa shape index (κ1) is 58.1. The van der Waals surface area contributed by atoms with E-state index in [4.69, 9.17) is 0 Å². The third-order valence-electron chi connectivity index (χ3n) is 20.2. The SMILES string of the molecule is c1ccc(-c2ccc(-c3ccc(-n4c5ccccc5c5c4ccc4c6ccc(-c7ccccc7)cc6n(-c6ccccc6)c45)cc3)cc2)cc1.c1ccc(-c2cccc(-c3cccc(-n4c5ccccc5c5c4ccc4c6cc(-c7ccccc7)ccc6n(-c6ccccc6)c45)c3)c2)cc1. The van der Waals surface area contributed by atoms with Crippen LogP contribution < -0.4 is 0 Å². The van der Waals surface area contributed by atoms with Gasteiger partial charge >= 0.3 is 0 Å². The molecule has 0 aliphatic carbocycles. The molecule has 0 N–H and O–H groups in total. The minimum Gasteiger partial charge on any atom is -0.309 e. The number of nitrogens with zero attached hydrogens (tertiary/aromatic N) is 4. The van der Waals surface area contributed by atoms with Gasteiger partial charge < -0.3 is 18.3 Å². The highest BCUT2D eigenvalue weighted by Crippen LogP contribution is 2.46. The number of benzene rings is 16. The number of fused-ring (bicyclic) bond motifs is 14. The van der Waals surface area contributed by atoms with E-state index in [0.29, 0.717) is 0 Å². The van der Waals surface area contributed by atoms with Gasteiger partial charge in [0, 0.05) is 65.8 Å². The Morgan fingerprint density at radius 3 is 0.950 bits per heavy atom. The quantitative estimate of drug-likeness (QED) is 0.130. The number of rotatable bonds is 10. The molecule has 4 nitrogen and oxygen atoms in total. The third-order valence-corrected chi connectivity index (χ3v) is 20.2. The van der Waals surface area contributed by atoms with Crippen LogP contribution in [0.2, 0.25) is 0 Å². The number of aromatic nitrogens is 4. The van der Waals surface area contributed by atoms with Crippen molar-refractivity contribution in [3.05, 3.63) is 388 Å². The summed E-state index contributed by atoms with van der Waals surface area (Å²) in [7, 11) is 0. The summed E-state index contributed by atoms with van der Waals surface area (Å²) in [5, 5.41) is 10.0. The summed E-state index contributed by atoms with van der Waals surface area (Å²) in [5.74, 6) is 0. The normalized spacial score (nSPS) is 11.6. The fraction of sp³-hybridized carbons (Fsp3) is 0. The van der Waals surface area contributed by atoms with Crippen molar-refractivity contribution in [2.45, 2.75) is 0 Å². The molecular weight excluding hydrogens is 1210 g/mol. The standard InChI is InChI=1S/2C48H32N2/c1-4-14-33(15-5-1)35-18-12-19-36(30-35)37-20-13-23-40(31-37)49-44-25-11-10-24-42(44)47-46(49)29-27-41-43-32-38(34-16-6-2-7-17-34)26-28-45(43)50(48(41)47)39-21-8-3-9-22-39;1-4-12-33(13-5-1)35-20-22-36(23-21-35)37-24-27-40(28-25-37)49-44-19-11-10-18-43(44)47-45(49)31-30-42-41-29-26-38(34-14-6-2-7-15-34)32-46(41)50(48(42)47)39-16-8-3-9-17-39/h2*1-32H. The zero-order valence-corrected chi connectivity index (χ0v) is 54.7. The van der Waals surface area contributed by atoms with Crippen LogP contribution in [-0.4, -0.2) is 18.3 Å². The van der Waals surface area contributed by atoms with E-state index in [0.717, 1.165) is 22.7 Å².